The molecule has 0 saturated heterocycles. The highest BCUT2D eigenvalue weighted by atomic mass is 16.5. The number of anilines is 1. The van der Waals surface area contributed by atoms with Crippen LogP contribution in [0.2, 0.25) is 0 Å². The average molecular weight is 424 g/mol. The zero-order chi connectivity index (χ0) is 21.9. The van der Waals surface area contributed by atoms with Gasteiger partial charge in [0.1, 0.15) is 22.6 Å². The summed E-state index contributed by atoms with van der Waals surface area (Å²) in [5.74, 6) is 0.246. The molecule has 7 nitrogen and oxygen atoms in total. The first-order valence-electron chi connectivity index (χ1n) is 10.1. The minimum Gasteiger partial charge on any atom is -0.495 e. The van der Waals surface area contributed by atoms with Crippen molar-refractivity contribution in [3.05, 3.63) is 90.3 Å². The molecule has 158 valence electrons. The number of nitrogens with one attached hydrogen (secondary N) is 1. The van der Waals surface area contributed by atoms with Gasteiger partial charge in [0.05, 0.1) is 25.5 Å². The largest absolute Gasteiger partial charge is 0.495 e. The van der Waals surface area contributed by atoms with Crippen LogP contribution in [0, 0.1) is 0 Å². The molecule has 0 unspecified atom stereocenters. The molecule has 0 radical (unpaired) electrons. The molecule has 0 aliphatic carbocycles. The SMILES string of the molecule is COc1cc2c(cc1NC(=O)/C=C/c1cn(Cc3ccccc3)nn1)oc1ccccc12. The summed E-state index contributed by atoms with van der Waals surface area (Å²) in [4.78, 5) is 12.5. The van der Waals surface area contributed by atoms with Crippen molar-refractivity contribution >= 4 is 39.6 Å². The Morgan fingerprint density at radius 2 is 1.88 bits per heavy atom. The first kappa shape index (κ1) is 19.6. The molecule has 5 aromatic rings. The summed E-state index contributed by atoms with van der Waals surface area (Å²) >= 11 is 0. The van der Waals surface area contributed by atoms with Gasteiger partial charge in [0.2, 0.25) is 5.91 Å². The van der Waals surface area contributed by atoms with Gasteiger partial charge in [-0.1, -0.05) is 53.7 Å². The predicted octanol–water partition coefficient (Wildman–Crippen LogP) is 4.89. The minimum atomic E-state index is -0.309. The van der Waals surface area contributed by atoms with Crippen LogP contribution in [0.15, 0.2) is 83.4 Å². The summed E-state index contributed by atoms with van der Waals surface area (Å²) in [6.07, 6.45) is 4.83. The van der Waals surface area contributed by atoms with Crippen LogP contribution in [-0.4, -0.2) is 28.0 Å². The zero-order valence-corrected chi connectivity index (χ0v) is 17.4. The van der Waals surface area contributed by atoms with Crippen LogP contribution >= 0.6 is 0 Å². The lowest BCUT2D eigenvalue weighted by atomic mass is 10.1. The van der Waals surface area contributed by atoms with Crippen LogP contribution in [0.3, 0.4) is 0 Å². The third-order valence-electron chi connectivity index (χ3n) is 5.11. The van der Waals surface area contributed by atoms with E-state index in [1.165, 1.54) is 6.08 Å². The van der Waals surface area contributed by atoms with Crippen LogP contribution in [0.25, 0.3) is 28.0 Å². The molecule has 7 heteroatoms. The van der Waals surface area contributed by atoms with Gasteiger partial charge < -0.3 is 14.5 Å². The third-order valence-corrected chi connectivity index (χ3v) is 5.11. The molecule has 1 amide bonds. The molecule has 2 heterocycles. The van der Waals surface area contributed by atoms with Crippen molar-refractivity contribution in [3.8, 4) is 5.75 Å². The van der Waals surface area contributed by atoms with Gasteiger partial charge in [-0.05, 0) is 23.8 Å². The number of rotatable bonds is 6. The smallest absolute Gasteiger partial charge is 0.248 e. The fourth-order valence-corrected chi connectivity index (χ4v) is 3.59. The van der Waals surface area contributed by atoms with Gasteiger partial charge in [0.15, 0.2) is 0 Å². The summed E-state index contributed by atoms with van der Waals surface area (Å²) in [5.41, 5.74) is 3.71. The van der Waals surface area contributed by atoms with E-state index in [0.717, 1.165) is 21.9 Å². The average Bonchev–Trinajstić information content (AvgIpc) is 3.41. The van der Waals surface area contributed by atoms with Crippen molar-refractivity contribution in [2.75, 3.05) is 12.4 Å². The fourth-order valence-electron chi connectivity index (χ4n) is 3.59. The summed E-state index contributed by atoms with van der Waals surface area (Å²) in [7, 11) is 1.57. The van der Waals surface area contributed by atoms with Crippen LogP contribution in [-0.2, 0) is 11.3 Å². The number of ether oxygens (including phenoxy) is 1. The van der Waals surface area contributed by atoms with Gasteiger partial charge in [-0.2, -0.15) is 0 Å². The molecule has 0 fully saturated rings. The third kappa shape index (κ3) is 3.96. The van der Waals surface area contributed by atoms with Gasteiger partial charge in [0, 0.05) is 22.9 Å². The number of aromatic nitrogens is 3. The highest BCUT2D eigenvalue weighted by Crippen LogP contribution is 2.36. The summed E-state index contributed by atoms with van der Waals surface area (Å²) in [5, 5.41) is 13.0. The van der Waals surface area contributed by atoms with Crippen molar-refractivity contribution in [1.29, 1.82) is 0 Å². The van der Waals surface area contributed by atoms with Crippen molar-refractivity contribution in [2.45, 2.75) is 6.54 Å². The quantitative estimate of drug-likeness (QED) is 0.393. The van der Waals surface area contributed by atoms with E-state index >= 15 is 0 Å². The molecule has 5 rings (SSSR count). The predicted molar refractivity (Wildman–Crippen MR) is 124 cm³/mol. The molecule has 0 aliphatic heterocycles. The standard InChI is InChI=1S/C25H20N4O3/c1-31-24-13-20-19-9-5-6-10-22(19)32-23(20)14-21(24)26-25(30)12-11-18-16-29(28-27-18)15-17-7-3-2-4-8-17/h2-14,16H,15H2,1H3,(H,26,30)/b12-11+. The van der Waals surface area contributed by atoms with Gasteiger partial charge >= 0.3 is 0 Å². The molecule has 32 heavy (non-hydrogen) atoms. The molecular weight excluding hydrogens is 404 g/mol. The first-order chi connectivity index (χ1) is 15.7. The maximum atomic E-state index is 12.5. The molecule has 0 bridgehead atoms. The Hall–Kier alpha value is -4.39. The Bertz CT molecular complexity index is 1430. The van der Waals surface area contributed by atoms with Gasteiger partial charge in [-0.3, -0.25) is 4.79 Å². The van der Waals surface area contributed by atoms with Gasteiger partial charge in [-0.25, -0.2) is 4.68 Å². The van der Waals surface area contributed by atoms with E-state index in [1.54, 1.807) is 30.1 Å². The normalized spacial score (nSPS) is 11.4. The maximum Gasteiger partial charge on any atom is 0.248 e. The number of carbonyl (C=O) groups excluding carboxylic acids is 1. The number of methoxy groups -OCH3 is 1. The Morgan fingerprint density at radius 3 is 2.72 bits per heavy atom. The molecule has 2 aromatic heterocycles. The van der Waals surface area contributed by atoms with E-state index in [2.05, 4.69) is 15.6 Å². The molecular formula is C25H20N4O3. The molecule has 1 N–H and O–H groups in total. The van der Waals surface area contributed by atoms with E-state index in [-0.39, 0.29) is 5.91 Å². The first-order valence-corrected chi connectivity index (χ1v) is 10.1. The Morgan fingerprint density at radius 1 is 1.06 bits per heavy atom. The van der Waals surface area contributed by atoms with Crippen LogP contribution in [0.1, 0.15) is 11.3 Å². The van der Waals surface area contributed by atoms with Crippen molar-refractivity contribution < 1.29 is 13.9 Å². The highest BCUT2D eigenvalue weighted by molar-refractivity contribution is 6.09. The molecule has 0 atom stereocenters. The number of hydrogen-bond donors (Lipinski definition) is 1. The number of para-hydroxylation sites is 1. The molecule has 0 spiro atoms. The van der Waals surface area contributed by atoms with E-state index in [0.29, 0.717) is 29.3 Å². The topological polar surface area (TPSA) is 82.2 Å². The summed E-state index contributed by atoms with van der Waals surface area (Å²) < 4.78 is 13.1. The Balaban J connectivity index is 1.32. The van der Waals surface area contributed by atoms with E-state index in [1.807, 2.05) is 60.7 Å². The van der Waals surface area contributed by atoms with Crippen molar-refractivity contribution in [1.82, 2.24) is 15.0 Å². The number of nitrogens with zero attached hydrogens (tertiary/aromatic N) is 3. The molecule has 3 aromatic carbocycles. The second-order valence-corrected chi connectivity index (χ2v) is 7.30. The number of fused-ring (bicyclic) bond motifs is 3. The molecule has 0 saturated carbocycles. The Kier molecular flexibility index (Phi) is 5.13. The molecule has 0 aliphatic rings. The monoisotopic (exact) mass is 424 g/mol. The number of carbonyl (C=O) groups is 1. The minimum absolute atomic E-state index is 0.309. The van der Waals surface area contributed by atoms with Crippen LogP contribution in [0.4, 0.5) is 5.69 Å². The van der Waals surface area contributed by atoms with Crippen molar-refractivity contribution in [3.63, 3.8) is 0 Å². The van der Waals surface area contributed by atoms with Crippen LogP contribution in [0.5, 0.6) is 5.75 Å². The number of hydrogen-bond acceptors (Lipinski definition) is 5. The fraction of sp³-hybridized carbons (Fsp3) is 0.0800. The number of amides is 1. The van der Waals surface area contributed by atoms with E-state index in [9.17, 15) is 4.79 Å². The van der Waals surface area contributed by atoms with Crippen molar-refractivity contribution in [2.24, 2.45) is 0 Å². The zero-order valence-electron chi connectivity index (χ0n) is 17.4. The van der Waals surface area contributed by atoms with E-state index < -0.39 is 0 Å². The second-order valence-electron chi connectivity index (χ2n) is 7.30. The summed E-state index contributed by atoms with van der Waals surface area (Å²) in [6, 6.07) is 21.4. The number of furan rings is 1. The lowest BCUT2D eigenvalue weighted by Crippen LogP contribution is -2.08. The number of benzene rings is 3. The van der Waals surface area contributed by atoms with Crippen LogP contribution < -0.4 is 10.1 Å². The second kappa shape index (κ2) is 8.39. The maximum absolute atomic E-state index is 12.5. The highest BCUT2D eigenvalue weighted by Gasteiger charge is 2.13. The van der Waals surface area contributed by atoms with Gasteiger partial charge in [0.25, 0.3) is 0 Å². The summed E-state index contributed by atoms with van der Waals surface area (Å²) in [6.45, 7) is 0.614. The van der Waals surface area contributed by atoms with Gasteiger partial charge in [-0.15, -0.1) is 5.10 Å². The lowest BCUT2D eigenvalue weighted by molar-refractivity contribution is -0.111. The lowest BCUT2D eigenvalue weighted by Gasteiger charge is -2.08. The van der Waals surface area contributed by atoms with E-state index in [4.69, 9.17) is 9.15 Å². The Labute approximate surface area is 183 Å².